The van der Waals surface area contributed by atoms with Crippen LogP contribution in [0.4, 0.5) is 0 Å². The molecule has 106 valence electrons. The summed E-state index contributed by atoms with van der Waals surface area (Å²) in [5.74, 6) is 0. The molecule has 1 aromatic carbocycles. The largest absolute Gasteiger partial charge is 0.457 e. The van der Waals surface area contributed by atoms with Gasteiger partial charge in [-0.15, -0.1) is 5.10 Å². The second-order valence-corrected chi connectivity index (χ2v) is 4.41. The summed E-state index contributed by atoms with van der Waals surface area (Å²) in [6.45, 7) is 0.727. The van der Waals surface area contributed by atoms with Gasteiger partial charge in [-0.1, -0.05) is 24.3 Å². The maximum atomic E-state index is 5.65. The predicted molar refractivity (Wildman–Crippen MR) is 77.8 cm³/mol. The van der Waals surface area contributed by atoms with Crippen molar-refractivity contribution in [3.05, 3.63) is 66.2 Å². The zero-order valence-corrected chi connectivity index (χ0v) is 11.4. The minimum atomic E-state index is 0.325. The summed E-state index contributed by atoms with van der Waals surface area (Å²) < 4.78 is 7.27. The molecule has 2 heterocycles. The van der Waals surface area contributed by atoms with Crippen LogP contribution in [0.25, 0.3) is 5.69 Å². The van der Waals surface area contributed by atoms with Crippen molar-refractivity contribution in [1.29, 1.82) is 0 Å². The molecule has 6 heteroatoms. The summed E-state index contributed by atoms with van der Waals surface area (Å²) in [7, 11) is 0. The van der Waals surface area contributed by atoms with Gasteiger partial charge in [0.1, 0.15) is 12.9 Å². The molecule has 0 amide bonds. The van der Waals surface area contributed by atoms with Crippen molar-refractivity contribution in [1.82, 2.24) is 19.7 Å². The third kappa shape index (κ3) is 3.06. The van der Waals surface area contributed by atoms with Crippen LogP contribution in [0.2, 0.25) is 0 Å². The Morgan fingerprint density at radius 3 is 2.71 bits per heavy atom. The van der Waals surface area contributed by atoms with E-state index in [1.54, 1.807) is 17.2 Å². The quantitative estimate of drug-likeness (QED) is 0.770. The van der Waals surface area contributed by atoms with E-state index in [0.717, 1.165) is 16.9 Å². The molecule has 3 rings (SSSR count). The van der Waals surface area contributed by atoms with Gasteiger partial charge in [0.15, 0.2) is 0 Å². The second-order valence-electron chi connectivity index (χ2n) is 4.41. The molecule has 0 bridgehead atoms. The number of para-hydroxylation sites is 1. The Morgan fingerprint density at radius 1 is 1.05 bits per heavy atom. The molecule has 0 radical (unpaired) electrons. The fourth-order valence-electron chi connectivity index (χ4n) is 1.95. The number of hydrogen-bond donors (Lipinski definition) is 1. The Kier molecular flexibility index (Phi) is 3.88. The van der Waals surface area contributed by atoms with Crippen LogP contribution in [0.3, 0.4) is 0 Å². The number of pyridine rings is 1. The molecule has 0 saturated carbocycles. The summed E-state index contributed by atoms with van der Waals surface area (Å²) in [4.78, 5) is 8.35. The van der Waals surface area contributed by atoms with Gasteiger partial charge in [0.05, 0.1) is 11.4 Å². The van der Waals surface area contributed by atoms with Gasteiger partial charge >= 0.3 is 6.01 Å². The van der Waals surface area contributed by atoms with Crippen molar-refractivity contribution in [3.8, 4) is 11.7 Å². The lowest BCUT2D eigenvalue weighted by molar-refractivity contribution is 0.279. The van der Waals surface area contributed by atoms with Crippen molar-refractivity contribution in [2.24, 2.45) is 5.73 Å². The maximum Gasteiger partial charge on any atom is 0.336 e. The Hall–Kier alpha value is -2.73. The smallest absolute Gasteiger partial charge is 0.336 e. The summed E-state index contributed by atoms with van der Waals surface area (Å²) in [6, 6.07) is 13.9. The third-order valence-electron chi connectivity index (χ3n) is 3.03. The topological polar surface area (TPSA) is 78.9 Å². The fraction of sp³-hybridized carbons (Fsp3) is 0.133. The highest BCUT2D eigenvalue weighted by Gasteiger charge is 2.06. The molecule has 21 heavy (non-hydrogen) atoms. The first kappa shape index (κ1) is 13.3. The summed E-state index contributed by atoms with van der Waals surface area (Å²) >= 11 is 0. The zero-order valence-electron chi connectivity index (χ0n) is 11.4. The van der Waals surface area contributed by atoms with E-state index in [1.165, 1.54) is 0 Å². The molecule has 0 aliphatic rings. The molecule has 2 aromatic heterocycles. The molecule has 0 fully saturated rings. The van der Waals surface area contributed by atoms with Crippen molar-refractivity contribution >= 4 is 0 Å². The Labute approximate surface area is 122 Å². The van der Waals surface area contributed by atoms with Crippen molar-refractivity contribution < 1.29 is 4.74 Å². The maximum absolute atomic E-state index is 5.65. The minimum Gasteiger partial charge on any atom is -0.457 e. The molecular formula is C15H15N5O. The van der Waals surface area contributed by atoms with Gasteiger partial charge < -0.3 is 10.5 Å². The standard InChI is InChI=1S/C15H15N5O/c16-9-14-12(5-4-8-17-14)10-21-15-18-11-20(19-15)13-6-2-1-3-7-13/h1-8,11H,9-10,16H2. The lowest BCUT2D eigenvalue weighted by Gasteiger charge is -2.06. The SMILES string of the molecule is NCc1ncccc1COc1ncn(-c2ccccc2)n1. The van der Waals surface area contributed by atoms with Crippen LogP contribution < -0.4 is 10.5 Å². The first-order chi connectivity index (χ1) is 10.4. The number of hydrogen-bond acceptors (Lipinski definition) is 5. The molecule has 2 N–H and O–H groups in total. The van der Waals surface area contributed by atoms with Gasteiger partial charge in [-0.25, -0.2) is 4.68 Å². The Bertz CT molecular complexity index is 711. The molecule has 0 spiro atoms. The van der Waals surface area contributed by atoms with Gasteiger partial charge in [0.25, 0.3) is 0 Å². The third-order valence-corrected chi connectivity index (χ3v) is 3.03. The number of benzene rings is 1. The van der Waals surface area contributed by atoms with E-state index in [2.05, 4.69) is 15.1 Å². The molecule has 0 unspecified atom stereocenters. The van der Waals surface area contributed by atoms with Gasteiger partial charge in [0.2, 0.25) is 0 Å². The van der Waals surface area contributed by atoms with E-state index >= 15 is 0 Å². The summed E-state index contributed by atoms with van der Waals surface area (Å²) in [6.07, 6.45) is 3.34. The number of rotatable bonds is 5. The zero-order chi connectivity index (χ0) is 14.5. The van der Waals surface area contributed by atoms with E-state index in [4.69, 9.17) is 10.5 Å². The lowest BCUT2D eigenvalue weighted by Crippen LogP contribution is -2.07. The fourth-order valence-corrected chi connectivity index (χ4v) is 1.95. The van der Waals surface area contributed by atoms with Crippen LogP contribution in [0.15, 0.2) is 55.0 Å². The average Bonchev–Trinajstić information content (AvgIpc) is 3.03. The first-order valence-electron chi connectivity index (χ1n) is 6.59. The monoisotopic (exact) mass is 281 g/mol. The van der Waals surface area contributed by atoms with E-state index < -0.39 is 0 Å². The average molecular weight is 281 g/mol. The van der Waals surface area contributed by atoms with E-state index in [1.807, 2.05) is 42.5 Å². The lowest BCUT2D eigenvalue weighted by atomic mass is 10.2. The number of nitrogens with zero attached hydrogens (tertiary/aromatic N) is 4. The number of nitrogens with two attached hydrogens (primary N) is 1. The van der Waals surface area contributed by atoms with Crippen LogP contribution >= 0.6 is 0 Å². The van der Waals surface area contributed by atoms with Crippen LogP contribution in [0.5, 0.6) is 6.01 Å². The van der Waals surface area contributed by atoms with Crippen molar-refractivity contribution in [3.63, 3.8) is 0 Å². The molecule has 0 atom stereocenters. The van der Waals surface area contributed by atoms with Gasteiger partial charge in [-0.2, -0.15) is 4.98 Å². The highest BCUT2D eigenvalue weighted by molar-refractivity contribution is 5.29. The van der Waals surface area contributed by atoms with Crippen LogP contribution in [-0.2, 0) is 13.2 Å². The summed E-state index contributed by atoms with van der Waals surface area (Å²) in [5.41, 5.74) is 8.34. The molecule has 0 aliphatic carbocycles. The predicted octanol–water partition coefficient (Wildman–Crippen LogP) is 1.70. The number of aromatic nitrogens is 4. The van der Waals surface area contributed by atoms with Gasteiger partial charge in [-0.3, -0.25) is 4.98 Å². The van der Waals surface area contributed by atoms with E-state index in [-0.39, 0.29) is 0 Å². The Morgan fingerprint density at radius 2 is 1.90 bits per heavy atom. The van der Waals surface area contributed by atoms with Gasteiger partial charge in [0, 0.05) is 18.3 Å². The minimum absolute atomic E-state index is 0.325. The molecule has 6 nitrogen and oxygen atoms in total. The molecule has 0 saturated heterocycles. The van der Waals surface area contributed by atoms with Gasteiger partial charge in [-0.05, 0) is 18.2 Å². The molecule has 0 aliphatic heterocycles. The number of ether oxygens (including phenoxy) is 1. The molecule has 3 aromatic rings. The highest BCUT2D eigenvalue weighted by Crippen LogP contribution is 2.11. The highest BCUT2D eigenvalue weighted by atomic mass is 16.5. The van der Waals surface area contributed by atoms with Crippen molar-refractivity contribution in [2.75, 3.05) is 0 Å². The Balaban J connectivity index is 1.71. The van der Waals surface area contributed by atoms with Crippen LogP contribution in [-0.4, -0.2) is 19.7 Å². The normalized spacial score (nSPS) is 10.5. The van der Waals surface area contributed by atoms with Crippen LogP contribution in [0, 0.1) is 0 Å². The van der Waals surface area contributed by atoms with Crippen molar-refractivity contribution in [2.45, 2.75) is 13.2 Å². The van der Waals surface area contributed by atoms with E-state index in [0.29, 0.717) is 19.2 Å². The first-order valence-corrected chi connectivity index (χ1v) is 6.59. The van der Waals surface area contributed by atoms with Crippen LogP contribution in [0.1, 0.15) is 11.3 Å². The second kappa shape index (κ2) is 6.15. The molecular weight excluding hydrogens is 266 g/mol. The van der Waals surface area contributed by atoms with E-state index in [9.17, 15) is 0 Å². The summed E-state index contributed by atoms with van der Waals surface area (Å²) in [5, 5.41) is 4.28.